The van der Waals surface area contributed by atoms with E-state index in [1.54, 1.807) is 19.2 Å². The van der Waals surface area contributed by atoms with Gasteiger partial charge in [0.05, 0.1) is 6.73 Å². The molecule has 0 aliphatic rings. The number of halogens is 2. The molecule has 1 rings (SSSR count). The van der Waals surface area contributed by atoms with Crippen LogP contribution in [0.5, 0.6) is 0 Å². The zero-order valence-corrected chi connectivity index (χ0v) is 9.84. The molecule has 0 heterocycles. The summed E-state index contributed by atoms with van der Waals surface area (Å²) in [5.41, 5.74) is 0.666. The van der Waals surface area contributed by atoms with Crippen LogP contribution in [0, 0.1) is 5.82 Å². The van der Waals surface area contributed by atoms with Crippen LogP contribution in [0.3, 0.4) is 0 Å². The number of rotatable bonds is 4. The molecule has 2 nitrogen and oxygen atoms in total. The highest BCUT2D eigenvalue weighted by Gasteiger charge is 2.05. The van der Waals surface area contributed by atoms with Crippen LogP contribution >= 0.6 is 15.9 Å². The molecule has 0 radical (unpaired) electrons. The summed E-state index contributed by atoms with van der Waals surface area (Å²) >= 11 is 3.31. The molecule has 1 aromatic rings. The van der Waals surface area contributed by atoms with Crippen LogP contribution in [0.1, 0.15) is 5.56 Å². The molecule has 0 atom stereocenters. The van der Waals surface area contributed by atoms with Crippen molar-refractivity contribution in [3.05, 3.63) is 34.1 Å². The van der Waals surface area contributed by atoms with Crippen molar-refractivity contribution in [3.63, 3.8) is 0 Å². The third-order valence-corrected chi connectivity index (χ3v) is 2.29. The van der Waals surface area contributed by atoms with Crippen molar-refractivity contribution in [2.75, 3.05) is 20.9 Å². The molecule has 0 aliphatic heterocycles. The Kier molecular flexibility index (Phi) is 4.51. The lowest BCUT2D eigenvalue weighted by atomic mass is 10.2. The minimum absolute atomic E-state index is 0.184. The maximum Gasteiger partial charge on any atom is 0.127 e. The number of ether oxygens (including phenoxy) is 1. The van der Waals surface area contributed by atoms with Crippen molar-refractivity contribution >= 4 is 15.9 Å². The molecule has 78 valence electrons. The highest BCUT2D eigenvalue weighted by molar-refractivity contribution is 9.10. The Morgan fingerprint density at radius 3 is 2.86 bits per heavy atom. The lowest BCUT2D eigenvalue weighted by Gasteiger charge is -2.15. The summed E-state index contributed by atoms with van der Waals surface area (Å²) in [6, 6.07) is 4.93. The summed E-state index contributed by atoms with van der Waals surface area (Å²) in [7, 11) is 3.50. The topological polar surface area (TPSA) is 12.5 Å². The van der Waals surface area contributed by atoms with E-state index in [0.29, 0.717) is 18.8 Å². The lowest BCUT2D eigenvalue weighted by molar-refractivity contribution is 0.0764. The molecule has 14 heavy (non-hydrogen) atoms. The van der Waals surface area contributed by atoms with Gasteiger partial charge in [-0.25, -0.2) is 4.39 Å². The van der Waals surface area contributed by atoms with Crippen LogP contribution in [-0.2, 0) is 11.3 Å². The summed E-state index contributed by atoms with van der Waals surface area (Å²) in [4.78, 5) is 1.89. The number of benzene rings is 1. The highest BCUT2D eigenvalue weighted by atomic mass is 79.9. The molecule has 0 spiro atoms. The first-order valence-corrected chi connectivity index (χ1v) is 5.04. The molecule has 0 N–H and O–H groups in total. The van der Waals surface area contributed by atoms with Crippen LogP contribution in [-0.4, -0.2) is 25.8 Å². The predicted molar refractivity (Wildman–Crippen MR) is 57.4 cm³/mol. The van der Waals surface area contributed by atoms with E-state index in [1.165, 1.54) is 6.07 Å². The first-order chi connectivity index (χ1) is 6.63. The van der Waals surface area contributed by atoms with Crippen LogP contribution in [0.15, 0.2) is 22.7 Å². The average Bonchev–Trinajstić information content (AvgIpc) is 2.12. The van der Waals surface area contributed by atoms with Gasteiger partial charge in [-0.05, 0) is 25.2 Å². The molecule has 0 aromatic heterocycles. The SMILES string of the molecule is COCN(C)Cc1cc(Br)ccc1F. The van der Waals surface area contributed by atoms with Gasteiger partial charge in [-0.2, -0.15) is 0 Å². The van der Waals surface area contributed by atoms with Gasteiger partial charge in [0.15, 0.2) is 0 Å². The van der Waals surface area contributed by atoms with Gasteiger partial charge in [-0.3, -0.25) is 4.90 Å². The number of hydrogen-bond acceptors (Lipinski definition) is 2. The molecule has 1 aromatic carbocycles. The van der Waals surface area contributed by atoms with Gasteiger partial charge < -0.3 is 4.74 Å². The van der Waals surface area contributed by atoms with E-state index in [0.717, 1.165) is 4.47 Å². The zero-order chi connectivity index (χ0) is 10.6. The van der Waals surface area contributed by atoms with E-state index in [1.807, 2.05) is 11.9 Å². The minimum atomic E-state index is -0.184. The van der Waals surface area contributed by atoms with E-state index in [2.05, 4.69) is 15.9 Å². The Morgan fingerprint density at radius 2 is 2.21 bits per heavy atom. The van der Waals surface area contributed by atoms with E-state index in [9.17, 15) is 4.39 Å². The third-order valence-electron chi connectivity index (χ3n) is 1.80. The van der Waals surface area contributed by atoms with E-state index in [-0.39, 0.29) is 5.82 Å². The Bertz CT molecular complexity index is 306. The first-order valence-electron chi connectivity index (χ1n) is 4.25. The highest BCUT2D eigenvalue weighted by Crippen LogP contribution is 2.16. The second-order valence-corrected chi connectivity index (χ2v) is 4.08. The molecule has 0 amide bonds. The van der Waals surface area contributed by atoms with Crippen molar-refractivity contribution in [1.29, 1.82) is 0 Å². The number of nitrogens with zero attached hydrogens (tertiary/aromatic N) is 1. The minimum Gasteiger partial charge on any atom is -0.369 e. The summed E-state index contributed by atoms with van der Waals surface area (Å²) in [6.07, 6.45) is 0. The normalized spacial score (nSPS) is 10.9. The van der Waals surface area contributed by atoms with Gasteiger partial charge in [0, 0.05) is 23.7 Å². The van der Waals surface area contributed by atoms with Gasteiger partial charge >= 0.3 is 0 Å². The molecule has 0 aliphatic carbocycles. The van der Waals surface area contributed by atoms with Gasteiger partial charge in [-0.15, -0.1) is 0 Å². The van der Waals surface area contributed by atoms with Crippen molar-refractivity contribution in [1.82, 2.24) is 4.90 Å². The van der Waals surface area contributed by atoms with Crippen LogP contribution in [0.2, 0.25) is 0 Å². The second-order valence-electron chi connectivity index (χ2n) is 3.17. The summed E-state index contributed by atoms with van der Waals surface area (Å²) in [5.74, 6) is -0.184. The molecule has 0 unspecified atom stereocenters. The Balaban J connectivity index is 2.70. The molecule has 0 saturated carbocycles. The number of methoxy groups -OCH3 is 1. The second kappa shape index (κ2) is 5.44. The fraction of sp³-hybridized carbons (Fsp3) is 0.400. The lowest BCUT2D eigenvalue weighted by Crippen LogP contribution is -2.20. The third kappa shape index (κ3) is 3.36. The predicted octanol–water partition coefficient (Wildman–Crippen LogP) is 2.62. The Labute approximate surface area is 91.8 Å². The summed E-state index contributed by atoms with van der Waals surface area (Å²) < 4.78 is 19.1. The van der Waals surface area contributed by atoms with Crippen molar-refractivity contribution in [2.24, 2.45) is 0 Å². The molecule has 0 fully saturated rings. The van der Waals surface area contributed by atoms with Gasteiger partial charge in [-0.1, -0.05) is 15.9 Å². The fourth-order valence-electron chi connectivity index (χ4n) is 1.22. The standard InChI is InChI=1S/C10H13BrFNO/c1-13(7-14-2)6-8-5-9(11)3-4-10(8)12/h3-5H,6-7H2,1-2H3. The van der Waals surface area contributed by atoms with Crippen molar-refractivity contribution in [3.8, 4) is 0 Å². The molecule has 0 saturated heterocycles. The van der Waals surface area contributed by atoms with Crippen LogP contribution < -0.4 is 0 Å². The largest absolute Gasteiger partial charge is 0.369 e. The fourth-order valence-corrected chi connectivity index (χ4v) is 1.63. The van der Waals surface area contributed by atoms with Crippen LogP contribution in [0.25, 0.3) is 0 Å². The van der Waals surface area contributed by atoms with Crippen molar-refractivity contribution < 1.29 is 9.13 Å². The summed E-state index contributed by atoms with van der Waals surface area (Å²) in [5, 5.41) is 0. The van der Waals surface area contributed by atoms with E-state index >= 15 is 0 Å². The van der Waals surface area contributed by atoms with Gasteiger partial charge in [0.25, 0.3) is 0 Å². The first kappa shape index (κ1) is 11.6. The smallest absolute Gasteiger partial charge is 0.127 e. The maximum absolute atomic E-state index is 13.3. The maximum atomic E-state index is 13.3. The molecular formula is C10H13BrFNO. The quantitative estimate of drug-likeness (QED) is 0.773. The Morgan fingerprint density at radius 1 is 1.50 bits per heavy atom. The molecule has 4 heteroatoms. The van der Waals surface area contributed by atoms with E-state index in [4.69, 9.17) is 4.74 Å². The van der Waals surface area contributed by atoms with Crippen LogP contribution in [0.4, 0.5) is 4.39 Å². The molecule has 0 bridgehead atoms. The average molecular weight is 262 g/mol. The number of hydrogen-bond donors (Lipinski definition) is 0. The zero-order valence-electron chi connectivity index (χ0n) is 8.26. The summed E-state index contributed by atoms with van der Waals surface area (Å²) in [6.45, 7) is 1.03. The van der Waals surface area contributed by atoms with Crippen molar-refractivity contribution in [2.45, 2.75) is 6.54 Å². The van der Waals surface area contributed by atoms with Gasteiger partial charge in [0.2, 0.25) is 0 Å². The van der Waals surface area contributed by atoms with Gasteiger partial charge in [0.1, 0.15) is 5.82 Å². The Hall–Kier alpha value is -0.450. The van der Waals surface area contributed by atoms with E-state index < -0.39 is 0 Å². The monoisotopic (exact) mass is 261 g/mol. The molecular weight excluding hydrogens is 249 g/mol.